The molecule has 1 aliphatic rings. The molecule has 3 amide bonds. The molecule has 0 spiro atoms. The third-order valence-electron chi connectivity index (χ3n) is 6.64. The maximum absolute atomic E-state index is 13.0. The zero-order valence-corrected chi connectivity index (χ0v) is 25.3. The van der Waals surface area contributed by atoms with Gasteiger partial charge in [0.05, 0.1) is 28.4 Å². The molecule has 0 atom stereocenters. The standard InChI is InChI=1S/C29H24F5N7O2S2/c1-3-4-19-6-5-18(2)13-25(19)41-26(42)16-44-29(41)38-28(43)37-24-12-7-20(14-21(24)15-35)27-36-17-40(39-27)22-8-10-23(11-9-22)45(30,31,32,33)34/h5-14,17H,3-4,16H2,1-2H3,(H,37,43)/b38-29-. The van der Waals surface area contributed by atoms with Crippen molar-refractivity contribution in [2.45, 2.75) is 31.6 Å². The average molecular weight is 662 g/mol. The number of rotatable bonds is 7. The van der Waals surface area contributed by atoms with Crippen LogP contribution >= 0.6 is 22.0 Å². The molecule has 16 heteroatoms. The Morgan fingerprint density at radius 2 is 1.82 bits per heavy atom. The number of aromatic nitrogens is 3. The molecule has 45 heavy (non-hydrogen) atoms. The molecule has 1 saturated heterocycles. The number of hydrogen-bond donors (Lipinski definition) is 1. The Hall–Kier alpha value is -4.75. The Morgan fingerprint density at radius 3 is 2.49 bits per heavy atom. The van der Waals surface area contributed by atoms with Gasteiger partial charge >= 0.3 is 16.3 Å². The molecule has 9 nitrogen and oxygen atoms in total. The maximum atomic E-state index is 13.0. The molecule has 5 rings (SSSR count). The number of amides is 3. The molecule has 4 aromatic rings. The van der Waals surface area contributed by atoms with E-state index in [2.05, 4.69) is 20.4 Å². The summed E-state index contributed by atoms with van der Waals surface area (Å²) in [5.41, 5.74) is 3.12. The molecule has 0 bridgehead atoms. The molecule has 2 heterocycles. The predicted octanol–water partition coefficient (Wildman–Crippen LogP) is 8.39. The minimum Gasteiger partial charge on any atom is -0.305 e. The summed E-state index contributed by atoms with van der Waals surface area (Å²) < 4.78 is 66.3. The monoisotopic (exact) mass is 661 g/mol. The quantitative estimate of drug-likeness (QED) is 0.199. The number of halogens is 5. The highest BCUT2D eigenvalue weighted by molar-refractivity contribution is 8.45. The number of amidine groups is 1. The Balaban J connectivity index is 1.35. The summed E-state index contributed by atoms with van der Waals surface area (Å²) in [6.07, 6.45) is 2.77. The Labute approximate surface area is 258 Å². The minimum atomic E-state index is -9.82. The normalized spacial score (nSPS) is 15.9. The highest BCUT2D eigenvalue weighted by Gasteiger charge is 2.65. The van der Waals surface area contributed by atoms with Crippen molar-refractivity contribution >= 4 is 50.5 Å². The fourth-order valence-corrected chi connectivity index (χ4v) is 6.04. The molecule has 1 N–H and O–H groups in total. The molecule has 3 aromatic carbocycles. The largest absolute Gasteiger partial charge is 0.347 e. The van der Waals surface area contributed by atoms with Gasteiger partial charge in [-0.2, -0.15) is 10.3 Å². The van der Waals surface area contributed by atoms with Crippen LogP contribution < -0.4 is 10.2 Å². The van der Waals surface area contributed by atoms with Gasteiger partial charge in [-0.25, -0.2) is 14.5 Å². The Bertz CT molecular complexity index is 1910. The number of carbonyl (C=O) groups excluding carboxylic acids is 2. The van der Waals surface area contributed by atoms with Crippen LogP contribution in [0.4, 0.5) is 35.6 Å². The van der Waals surface area contributed by atoms with Crippen molar-refractivity contribution in [2.75, 3.05) is 16.0 Å². The van der Waals surface area contributed by atoms with E-state index in [1.807, 2.05) is 38.1 Å². The van der Waals surface area contributed by atoms with Crippen LogP contribution in [0.15, 0.2) is 76.9 Å². The molecule has 0 unspecified atom stereocenters. The zero-order valence-electron chi connectivity index (χ0n) is 23.7. The molecule has 234 valence electrons. The summed E-state index contributed by atoms with van der Waals surface area (Å²) in [5.74, 6) is -0.0122. The molecule has 1 aliphatic heterocycles. The van der Waals surface area contributed by atoms with Gasteiger partial charge < -0.3 is 5.32 Å². The third kappa shape index (κ3) is 6.99. The summed E-state index contributed by atoms with van der Waals surface area (Å²) in [6, 6.07) is 13.5. The van der Waals surface area contributed by atoms with Crippen molar-refractivity contribution in [1.29, 1.82) is 5.26 Å². The van der Waals surface area contributed by atoms with Crippen LogP contribution in [0.1, 0.15) is 30.0 Å². The molecule has 0 aliphatic carbocycles. The van der Waals surface area contributed by atoms with E-state index in [9.17, 15) is 34.3 Å². The summed E-state index contributed by atoms with van der Waals surface area (Å²) in [7, 11) is -9.82. The number of nitrogens with one attached hydrogen (secondary N) is 1. The van der Waals surface area contributed by atoms with Gasteiger partial charge in [-0.15, -0.1) is 5.10 Å². The first kappa shape index (κ1) is 31.7. The second-order valence-electron chi connectivity index (χ2n) is 10.1. The zero-order chi connectivity index (χ0) is 32.6. The van der Waals surface area contributed by atoms with Gasteiger partial charge in [0.15, 0.2) is 11.0 Å². The van der Waals surface area contributed by atoms with E-state index in [1.54, 1.807) is 0 Å². The van der Waals surface area contributed by atoms with Crippen LogP contribution in [0.25, 0.3) is 17.1 Å². The number of hydrogen-bond acceptors (Lipinski definition) is 6. The summed E-state index contributed by atoms with van der Waals surface area (Å²) in [5, 5.41) is 16.7. The number of nitrogens with zero attached hydrogens (tertiary/aromatic N) is 6. The number of aryl methyl sites for hydroxylation is 2. The Kier molecular flexibility index (Phi) is 7.74. The van der Waals surface area contributed by atoms with Gasteiger partial charge in [0, 0.05) is 5.56 Å². The SMILES string of the molecule is CCCc1ccc(C)cc1N1C(=O)CS/C1=N\C(=O)Nc1ccc(-c2ncn(-c3ccc(S(F)(F)(F)(F)F)cc3)n2)cc1C#N. The van der Waals surface area contributed by atoms with Crippen molar-refractivity contribution in [2.24, 2.45) is 4.99 Å². The molecule has 1 aromatic heterocycles. The van der Waals surface area contributed by atoms with Gasteiger partial charge in [0.2, 0.25) is 5.91 Å². The first-order chi connectivity index (χ1) is 21.1. The van der Waals surface area contributed by atoms with Crippen LogP contribution in [0, 0.1) is 18.3 Å². The highest BCUT2D eigenvalue weighted by atomic mass is 32.5. The van der Waals surface area contributed by atoms with Crippen LogP contribution in [-0.2, 0) is 11.2 Å². The van der Waals surface area contributed by atoms with E-state index in [1.165, 1.54) is 29.4 Å². The molecular weight excluding hydrogens is 637 g/mol. The van der Waals surface area contributed by atoms with Crippen molar-refractivity contribution in [3.63, 3.8) is 0 Å². The third-order valence-corrected chi connectivity index (χ3v) is 8.73. The molecule has 1 fully saturated rings. The van der Waals surface area contributed by atoms with Crippen molar-refractivity contribution in [3.05, 3.63) is 83.7 Å². The van der Waals surface area contributed by atoms with Gasteiger partial charge in [-0.1, -0.05) is 56.7 Å². The second-order valence-corrected chi connectivity index (χ2v) is 13.4. The summed E-state index contributed by atoms with van der Waals surface area (Å²) in [4.78, 5) is 33.4. The maximum Gasteiger partial charge on any atom is 0.347 e. The van der Waals surface area contributed by atoms with Gasteiger partial charge in [0.1, 0.15) is 17.3 Å². The van der Waals surface area contributed by atoms with Crippen LogP contribution in [0.5, 0.6) is 0 Å². The second kappa shape index (κ2) is 11.0. The van der Waals surface area contributed by atoms with E-state index in [-0.39, 0.29) is 51.7 Å². The topological polar surface area (TPSA) is 116 Å². The number of benzene rings is 3. The minimum absolute atomic E-state index is 0.0357. The number of thioether (sulfide) groups is 1. The molecular formula is C29H24F5N7O2S2. The first-order valence-electron chi connectivity index (χ1n) is 13.3. The average Bonchev–Trinajstić information content (AvgIpc) is 3.60. The lowest BCUT2D eigenvalue weighted by molar-refractivity contribution is -0.115. The number of nitriles is 1. The lowest BCUT2D eigenvalue weighted by Gasteiger charge is -2.40. The van der Waals surface area contributed by atoms with Crippen molar-refractivity contribution in [3.8, 4) is 23.1 Å². The predicted molar refractivity (Wildman–Crippen MR) is 164 cm³/mol. The van der Waals surface area contributed by atoms with Crippen LogP contribution in [0.3, 0.4) is 0 Å². The summed E-state index contributed by atoms with van der Waals surface area (Å²) in [6.45, 7) is 3.93. The van der Waals surface area contributed by atoms with Crippen LogP contribution in [0.2, 0.25) is 0 Å². The smallest absolute Gasteiger partial charge is 0.305 e. The van der Waals surface area contributed by atoms with Crippen molar-refractivity contribution < 1.29 is 29.0 Å². The van der Waals surface area contributed by atoms with E-state index in [4.69, 9.17) is 0 Å². The van der Waals surface area contributed by atoms with Gasteiger partial charge in [-0.3, -0.25) is 9.69 Å². The van der Waals surface area contributed by atoms with Crippen LogP contribution in [-0.4, -0.2) is 37.6 Å². The fourth-order valence-electron chi connectivity index (χ4n) is 4.54. The highest BCUT2D eigenvalue weighted by Crippen LogP contribution is 3.02. The number of anilines is 2. The summed E-state index contributed by atoms with van der Waals surface area (Å²) >= 11 is 1.13. The Morgan fingerprint density at radius 1 is 1.09 bits per heavy atom. The van der Waals surface area contributed by atoms with E-state index < -0.39 is 21.2 Å². The van der Waals surface area contributed by atoms with E-state index >= 15 is 0 Å². The fraction of sp³-hybridized carbons (Fsp3) is 0.172. The lowest BCUT2D eigenvalue weighted by Crippen LogP contribution is -2.31. The molecule has 0 radical (unpaired) electrons. The lowest BCUT2D eigenvalue weighted by atomic mass is 10.0. The number of urea groups is 1. The number of carbonyl (C=O) groups is 2. The first-order valence-corrected chi connectivity index (χ1v) is 16.3. The van der Waals surface area contributed by atoms with Crippen molar-refractivity contribution in [1.82, 2.24) is 14.8 Å². The van der Waals surface area contributed by atoms with Gasteiger partial charge in [0.25, 0.3) is 0 Å². The van der Waals surface area contributed by atoms with E-state index in [0.29, 0.717) is 11.3 Å². The van der Waals surface area contributed by atoms with E-state index in [0.717, 1.165) is 52.5 Å². The molecule has 0 saturated carbocycles. The van der Waals surface area contributed by atoms with Gasteiger partial charge in [-0.05, 0) is 73.0 Å². The number of aliphatic imine (C=N–C) groups is 1.